The Hall–Kier alpha value is -4.02. The van der Waals surface area contributed by atoms with Crippen LogP contribution in [0.4, 0.5) is 21.0 Å². The molecule has 0 aliphatic rings. The van der Waals surface area contributed by atoms with E-state index in [1.165, 1.54) is 10.0 Å². The maximum Gasteiger partial charge on any atom is 0.338 e. The highest BCUT2D eigenvalue weighted by Gasteiger charge is 2.12. The second-order valence-electron chi connectivity index (χ2n) is 7.17. The molecule has 0 atom stereocenters. The Balaban J connectivity index is 1.53. The maximum atomic E-state index is 12.4. The van der Waals surface area contributed by atoms with Crippen molar-refractivity contribution in [3.63, 3.8) is 0 Å². The molecular formula is C24H24N6O2S2. The van der Waals surface area contributed by atoms with E-state index in [1.807, 2.05) is 60.7 Å². The Labute approximate surface area is 208 Å². The minimum Gasteiger partial charge on any atom is -0.306 e. The summed E-state index contributed by atoms with van der Waals surface area (Å²) in [6, 6.07) is 24.5. The van der Waals surface area contributed by atoms with E-state index in [1.54, 1.807) is 38.4 Å². The number of hydrazine groups is 2. The Kier molecular flexibility index (Phi) is 8.49. The van der Waals surface area contributed by atoms with Gasteiger partial charge in [0.05, 0.1) is 0 Å². The van der Waals surface area contributed by atoms with Gasteiger partial charge in [0.1, 0.15) is 9.98 Å². The van der Waals surface area contributed by atoms with Crippen LogP contribution in [-0.4, -0.2) is 46.2 Å². The average molecular weight is 493 g/mol. The zero-order chi connectivity index (χ0) is 24.5. The number of nitrogens with zero attached hydrogens (tertiary/aromatic N) is 2. The first kappa shape index (κ1) is 24.6. The number of anilines is 2. The summed E-state index contributed by atoms with van der Waals surface area (Å²) in [7, 11) is 3.32. The van der Waals surface area contributed by atoms with Crippen LogP contribution < -0.4 is 21.5 Å². The molecule has 0 saturated carbocycles. The van der Waals surface area contributed by atoms with Crippen LogP contribution in [0.2, 0.25) is 0 Å². The third kappa shape index (κ3) is 6.99. The quantitative estimate of drug-likeness (QED) is 0.319. The molecule has 3 rings (SSSR count). The number of carbonyl (C=O) groups excluding carboxylic acids is 2. The fourth-order valence-corrected chi connectivity index (χ4v) is 3.31. The standard InChI is InChI=1S/C24H24N6O2S2/c1-29(21(33)17-10-5-3-6-11-17)27-23(31)25-19-14-9-15-20(16-19)26-24(32)28-30(2)22(34)18-12-7-4-8-13-18/h3-16H,1-2H3,(H2,25,27,31)(H2,26,28,32). The van der Waals surface area contributed by atoms with Crippen LogP contribution in [0, 0.1) is 0 Å². The molecular weight excluding hydrogens is 468 g/mol. The van der Waals surface area contributed by atoms with Gasteiger partial charge in [0, 0.05) is 36.6 Å². The largest absolute Gasteiger partial charge is 0.338 e. The topological polar surface area (TPSA) is 88.7 Å². The zero-order valence-corrected chi connectivity index (χ0v) is 20.2. The summed E-state index contributed by atoms with van der Waals surface area (Å²) in [6.45, 7) is 0. The molecule has 0 unspecified atom stereocenters. The van der Waals surface area contributed by atoms with Crippen molar-refractivity contribution in [3.8, 4) is 0 Å². The first-order valence-corrected chi connectivity index (χ1v) is 11.1. The van der Waals surface area contributed by atoms with E-state index in [0.717, 1.165) is 11.1 Å². The van der Waals surface area contributed by atoms with Gasteiger partial charge in [0.15, 0.2) is 0 Å². The van der Waals surface area contributed by atoms with Gasteiger partial charge in [-0.15, -0.1) is 0 Å². The second kappa shape index (κ2) is 11.7. The van der Waals surface area contributed by atoms with Crippen molar-refractivity contribution in [3.05, 3.63) is 96.1 Å². The predicted molar refractivity (Wildman–Crippen MR) is 143 cm³/mol. The van der Waals surface area contributed by atoms with Crippen molar-refractivity contribution in [1.82, 2.24) is 20.9 Å². The lowest BCUT2D eigenvalue weighted by Gasteiger charge is -2.22. The van der Waals surface area contributed by atoms with E-state index in [4.69, 9.17) is 24.4 Å². The molecule has 0 aliphatic heterocycles. The maximum absolute atomic E-state index is 12.4. The smallest absolute Gasteiger partial charge is 0.306 e. The second-order valence-corrected chi connectivity index (χ2v) is 7.95. The van der Waals surface area contributed by atoms with Gasteiger partial charge in [-0.1, -0.05) is 91.2 Å². The van der Waals surface area contributed by atoms with E-state index in [0.29, 0.717) is 21.4 Å². The van der Waals surface area contributed by atoms with E-state index in [2.05, 4.69) is 21.5 Å². The van der Waals surface area contributed by atoms with Crippen LogP contribution in [0.1, 0.15) is 11.1 Å². The number of hydrogen-bond acceptors (Lipinski definition) is 4. The highest BCUT2D eigenvalue weighted by molar-refractivity contribution is 7.80. The number of carbonyl (C=O) groups is 2. The number of amides is 4. The van der Waals surface area contributed by atoms with Crippen molar-refractivity contribution in [2.75, 3.05) is 24.7 Å². The molecule has 0 aromatic heterocycles. The van der Waals surface area contributed by atoms with Gasteiger partial charge in [-0.25, -0.2) is 20.4 Å². The van der Waals surface area contributed by atoms with Crippen molar-refractivity contribution in [1.29, 1.82) is 0 Å². The normalized spacial score (nSPS) is 9.94. The van der Waals surface area contributed by atoms with Gasteiger partial charge in [0.2, 0.25) is 0 Å². The number of benzene rings is 3. The summed E-state index contributed by atoms with van der Waals surface area (Å²) in [5.41, 5.74) is 7.93. The van der Waals surface area contributed by atoms with Crippen molar-refractivity contribution in [2.24, 2.45) is 0 Å². The first-order valence-electron chi connectivity index (χ1n) is 10.2. The monoisotopic (exact) mass is 492 g/mol. The number of thiocarbonyl (C=S) groups is 2. The highest BCUT2D eigenvalue weighted by atomic mass is 32.1. The van der Waals surface area contributed by atoms with E-state index >= 15 is 0 Å². The molecule has 0 aliphatic carbocycles. The van der Waals surface area contributed by atoms with Gasteiger partial charge in [-0.2, -0.15) is 0 Å². The van der Waals surface area contributed by atoms with Crippen LogP contribution in [0.25, 0.3) is 0 Å². The third-order valence-corrected chi connectivity index (χ3v) is 5.59. The van der Waals surface area contributed by atoms with Crippen LogP contribution in [-0.2, 0) is 0 Å². The van der Waals surface area contributed by atoms with Crippen LogP contribution in [0.15, 0.2) is 84.9 Å². The predicted octanol–water partition coefficient (Wildman–Crippen LogP) is 4.37. The number of hydrogen-bond donors (Lipinski definition) is 4. The lowest BCUT2D eigenvalue weighted by atomic mass is 10.2. The molecule has 3 aromatic carbocycles. The van der Waals surface area contributed by atoms with Gasteiger partial charge in [-0.3, -0.25) is 10.0 Å². The number of urea groups is 2. The minimum absolute atomic E-state index is 0.473. The van der Waals surface area contributed by atoms with Gasteiger partial charge < -0.3 is 10.6 Å². The Morgan fingerprint density at radius 3 is 1.38 bits per heavy atom. The third-order valence-electron chi connectivity index (χ3n) is 4.57. The molecule has 34 heavy (non-hydrogen) atoms. The molecule has 4 amide bonds. The summed E-state index contributed by atoms with van der Waals surface area (Å²) in [5.74, 6) is 0. The molecule has 0 spiro atoms. The molecule has 10 heteroatoms. The average Bonchev–Trinajstić information content (AvgIpc) is 2.84. The van der Waals surface area contributed by atoms with Gasteiger partial charge >= 0.3 is 12.1 Å². The first-order chi connectivity index (χ1) is 16.3. The molecule has 4 N–H and O–H groups in total. The van der Waals surface area contributed by atoms with E-state index in [-0.39, 0.29) is 0 Å². The zero-order valence-electron chi connectivity index (χ0n) is 18.6. The Morgan fingerprint density at radius 2 is 1.00 bits per heavy atom. The Morgan fingerprint density at radius 1 is 0.618 bits per heavy atom. The fraction of sp³-hybridized carbons (Fsp3) is 0.0833. The molecule has 174 valence electrons. The molecule has 0 fully saturated rings. The molecule has 0 heterocycles. The highest BCUT2D eigenvalue weighted by Crippen LogP contribution is 2.15. The molecule has 8 nitrogen and oxygen atoms in total. The van der Waals surface area contributed by atoms with Crippen molar-refractivity contribution >= 4 is 57.8 Å². The van der Waals surface area contributed by atoms with Gasteiger partial charge in [-0.05, 0) is 18.2 Å². The summed E-state index contributed by atoms with van der Waals surface area (Å²) >= 11 is 10.8. The van der Waals surface area contributed by atoms with Crippen LogP contribution in [0.3, 0.4) is 0 Å². The molecule has 3 aromatic rings. The summed E-state index contributed by atoms with van der Waals surface area (Å²) < 4.78 is 0. The molecule has 0 saturated heterocycles. The van der Waals surface area contributed by atoms with Crippen LogP contribution in [0.5, 0.6) is 0 Å². The fourth-order valence-electron chi connectivity index (χ4n) is 2.95. The Bertz CT molecular complexity index is 1090. The number of nitrogens with one attached hydrogen (secondary N) is 4. The molecule has 0 radical (unpaired) electrons. The number of rotatable bonds is 4. The van der Waals surface area contributed by atoms with E-state index < -0.39 is 12.1 Å². The lowest BCUT2D eigenvalue weighted by molar-refractivity contribution is 0.236. The SMILES string of the molecule is CN(NC(=O)Nc1cccc(NC(=O)NN(C)C(=S)c2ccccc2)c1)C(=S)c1ccccc1. The minimum atomic E-state index is -0.477. The summed E-state index contributed by atoms with van der Waals surface area (Å²) in [4.78, 5) is 25.8. The lowest BCUT2D eigenvalue weighted by Crippen LogP contribution is -2.45. The van der Waals surface area contributed by atoms with Crippen molar-refractivity contribution < 1.29 is 9.59 Å². The van der Waals surface area contributed by atoms with E-state index in [9.17, 15) is 9.59 Å². The van der Waals surface area contributed by atoms with Crippen molar-refractivity contribution in [2.45, 2.75) is 0 Å². The summed E-state index contributed by atoms with van der Waals surface area (Å²) in [5, 5.41) is 8.36. The van der Waals surface area contributed by atoms with Crippen LogP contribution >= 0.6 is 24.4 Å². The van der Waals surface area contributed by atoms with Gasteiger partial charge in [0.25, 0.3) is 0 Å². The summed E-state index contributed by atoms with van der Waals surface area (Å²) in [6.07, 6.45) is 0. The molecule has 0 bridgehead atoms.